The van der Waals surface area contributed by atoms with Gasteiger partial charge in [-0.1, -0.05) is 18.2 Å². The topological polar surface area (TPSA) is 50.8 Å². The highest BCUT2D eigenvalue weighted by Crippen LogP contribution is 2.42. The Kier molecular flexibility index (Phi) is 4.90. The predicted octanol–water partition coefficient (Wildman–Crippen LogP) is 3.36. The van der Waals surface area contributed by atoms with Crippen LogP contribution in [0.1, 0.15) is 46.2 Å². The van der Waals surface area contributed by atoms with E-state index < -0.39 is 5.60 Å². The van der Waals surface area contributed by atoms with Crippen molar-refractivity contribution >= 4 is 6.09 Å². The molecule has 1 aromatic carbocycles. The van der Waals surface area contributed by atoms with E-state index in [0.29, 0.717) is 13.1 Å². The number of para-hydroxylation sites is 1. The molecule has 2 rings (SSSR count). The fraction of sp³-hybridized carbons (Fsp3) is 0.611. The van der Waals surface area contributed by atoms with Gasteiger partial charge in [0.05, 0.1) is 6.04 Å². The van der Waals surface area contributed by atoms with Crippen LogP contribution in [0.4, 0.5) is 4.79 Å². The van der Waals surface area contributed by atoms with Crippen LogP contribution in [0.15, 0.2) is 24.3 Å². The molecule has 0 spiro atoms. The van der Waals surface area contributed by atoms with Crippen LogP contribution >= 0.6 is 0 Å². The number of benzene rings is 1. The second-order valence-electron chi connectivity index (χ2n) is 7.53. The molecule has 1 amide bonds. The number of nitrogens with zero attached hydrogens (tertiary/aromatic N) is 1. The average molecular weight is 320 g/mol. The number of rotatable bonds is 4. The number of hydrogen-bond donors (Lipinski definition) is 1. The molecule has 5 heteroatoms. The highest BCUT2D eigenvalue weighted by molar-refractivity contribution is 5.67. The second-order valence-corrected chi connectivity index (χ2v) is 7.53. The Balaban J connectivity index is 1.90. The maximum atomic E-state index is 12.0. The highest BCUT2D eigenvalue weighted by atomic mass is 16.6. The minimum Gasteiger partial charge on any atom is -0.486 e. The summed E-state index contributed by atoms with van der Waals surface area (Å²) < 4.78 is 11.4. The van der Waals surface area contributed by atoms with E-state index in [9.17, 15) is 4.79 Å². The minimum atomic E-state index is -0.473. The number of ether oxygens (including phenoxy) is 2. The minimum absolute atomic E-state index is 0.103. The summed E-state index contributed by atoms with van der Waals surface area (Å²) >= 11 is 0. The first-order valence-electron chi connectivity index (χ1n) is 8.05. The van der Waals surface area contributed by atoms with Crippen LogP contribution < -0.4 is 10.1 Å². The lowest BCUT2D eigenvalue weighted by Crippen LogP contribution is -2.43. The van der Waals surface area contributed by atoms with Gasteiger partial charge in [0.25, 0.3) is 0 Å². The molecule has 0 saturated carbocycles. The molecule has 1 N–H and O–H groups in total. The molecular weight excluding hydrogens is 292 g/mol. The van der Waals surface area contributed by atoms with Gasteiger partial charge in [-0.3, -0.25) is 0 Å². The zero-order chi connectivity index (χ0) is 17.3. The summed E-state index contributed by atoms with van der Waals surface area (Å²) in [5, 5.41) is 3.50. The van der Waals surface area contributed by atoms with Gasteiger partial charge in [-0.15, -0.1) is 0 Å². The van der Waals surface area contributed by atoms with E-state index in [1.54, 1.807) is 11.9 Å². The molecule has 23 heavy (non-hydrogen) atoms. The molecule has 0 bridgehead atoms. The molecule has 5 nitrogen and oxygen atoms in total. The normalized spacial score (nSPS) is 19.0. The SMILES string of the molecule is CN(CCNC1c2ccccc2OC1(C)C)C(=O)OC(C)(C)C. The van der Waals surface area contributed by atoms with Crippen LogP contribution in [0.3, 0.4) is 0 Å². The van der Waals surface area contributed by atoms with Crippen molar-refractivity contribution in [2.45, 2.75) is 51.9 Å². The molecule has 0 aliphatic carbocycles. The molecule has 128 valence electrons. The van der Waals surface area contributed by atoms with Gasteiger partial charge >= 0.3 is 6.09 Å². The summed E-state index contributed by atoms with van der Waals surface area (Å²) in [4.78, 5) is 13.6. The number of nitrogens with one attached hydrogen (secondary N) is 1. The lowest BCUT2D eigenvalue weighted by Gasteiger charge is -2.29. The van der Waals surface area contributed by atoms with Gasteiger partial charge < -0.3 is 19.7 Å². The van der Waals surface area contributed by atoms with Gasteiger partial charge in [-0.05, 0) is 40.7 Å². The van der Waals surface area contributed by atoms with Gasteiger partial charge in [0.2, 0.25) is 0 Å². The molecule has 1 unspecified atom stereocenters. The first-order chi connectivity index (χ1) is 10.6. The Morgan fingerprint density at radius 2 is 2.00 bits per heavy atom. The number of carbonyl (C=O) groups excluding carboxylic acids is 1. The van der Waals surface area contributed by atoms with Crippen LogP contribution in [0.2, 0.25) is 0 Å². The van der Waals surface area contributed by atoms with E-state index in [1.807, 2.05) is 39.0 Å². The summed E-state index contributed by atoms with van der Waals surface area (Å²) in [6.45, 7) is 11.0. The molecule has 0 aromatic heterocycles. The van der Waals surface area contributed by atoms with Crippen LogP contribution in [0.25, 0.3) is 0 Å². The molecule has 1 heterocycles. The third-order valence-electron chi connectivity index (χ3n) is 3.80. The summed E-state index contributed by atoms with van der Waals surface area (Å²) in [6.07, 6.45) is -0.304. The number of hydrogen-bond acceptors (Lipinski definition) is 4. The van der Waals surface area contributed by atoms with Crippen molar-refractivity contribution in [1.29, 1.82) is 0 Å². The summed E-state index contributed by atoms with van der Waals surface area (Å²) in [5.41, 5.74) is 0.380. The summed E-state index contributed by atoms with van der Waals surface area (Å²) in [5.74, 6) is 0.926. The predicted molar refractivity (Wildman–Crippen MR) is 90.8 cm³/mol. The third kappa shape index (κ3) is 4.38. The van der Waals surface area contributed by atoms with Gasteiger partial charge in [0.15, 0.2) is 0 Å². The Morgan fingerprint density at radius 3 is 2.65 bits per heavy atom. The van der Waals surface area contributed by atoms with Gasteiger partial charge in [0.1, 0.15) is 17.0 Å². The van der Waals surface area contributed by atoms with E-state index in [0.717, 1.165) is 11.3 Å². The fourth-order valence-corrected chi connectivity index (χ4v) is 2.69. The summed E-state index contributed by atoms with van der Waals surface area (Å²) in [7, 11) is 1.75. The molecule has 0 radical (unpaired) electrons. The number of amides is 1. The molecule has 1 aliphatic heterocycles. The van der Waals surface area contributed by atoms with E-state index in [4.69, 9.17) is 9.47 Å². The van der Waals surface area contributed by atoms with Crippen LogP contribution in [0.5, 0.6) is 5.75 Å². The molecule has 0 fully saturated rings. The van der Waals surface area contributed by atoms with Gasteiger partial charge in [0, 0.05) is 25.7 Å². The van der Waals surface area contributed by atoms with Gasteiger partial charge in [-0.2, -0.15) is 0 Å². The second kappa shape index (κ2) is 6.40. The van der Waals surface area contributed by atoms with Crippen molar-refractivity contribution in [3.63, 3.8) is 0 Å². The molecule has 1 aliphatic rings. The van der Waals surface area contributed by atoms with Crippen LogP contribution in [-0.4, -0.2) is 42.3 Å². The molecule has 1 aromatic rings. The van der Waals surface area contributed by atoms with Crippen molar-refractivity contribution in [3.8, 4) is 5.75 Å². The quantitative estimate of drug-likeness (QED) is 0.924. The molecular formula is C18H28N2O3. The van der Waals surface area contributed by atoms with E-state index >= 15 is 0 Å². The Labute approximate surface area is 139 Å². The Hall–Kier alpha value is -1.75. The zero-order valence-corrected chi connectivity index (χ0v) is 15.0. The smallest absolute Gasteiger partial charge is 0.410 e. The van der Waals surface area contributed by atoms with Crippen LogP contribution in [0, 0.1) is 0 Å². The maximum Gasteiger partial charge on any atom is 0.410 e. The van der Waals surface area contributed by atoms with Crippen LogP contribution in [-0.2, 0) is 4.74 Å². The van der Waals surface area contributed by atoms with Crippen molar-refractivity contribution in [1.82, 2.24) is 10.2 Å². The summed E-state index contributed by atoms with van der Waals surface area (Å²) in [6, 6.07) is 8.18. The van der Waals surface area contributed by atoms with Crippen molar-refractivity contribution < 1.29 is 14.3 Å². The van der Waals surface area contributed by atoms with Crippen molar-refractivity contribution in [2.75, 3.05) is 20.1 Å². The van der Waals surface area contributed by atoms with E-state index in [-0.39, 0.29) is 17.7 Å². The lowest BCUT2D eigenvalue weighted by atomic mass is 9.94. The number of fused-ring (bicyclic) bond motifs is 1. The molecule has 1 atom stereocenters. The highest BCUT2D eigenvalue weighted by Gasteiger charge is 2.40. The van der Waals surface area contributed by atoms with E-state index in [2.05, 4.69) is 25.2 Å². The Bertz CT molecular complexity index is 564. The van der Waals surface area contributed by atoms with Crippen molar-refractivity contribution in [3.05, 3.63) is 29.8 Å². The van der Waals surface area contributed by atoms with E-state index in [1.165, 1.54) is 0 Å². The largest absolute Gasteiger partial charge is 0.486 e. The first-order valence-corrected chi connectivity index (χ1v) is 8.05. The first kappa shape index (κ1) is 17.6. The zero-order valence-electron chi connectivity index (χ0n) is 15.0. The van der Waals surface area contributed by atoms with Gasteiger partial charge in [-0.25, -0.2) is 4.79 Å². The fourth-order valence-electron chi connectivity index (χ4n) is 2.69. The monoisotopic (exact) mass is 320 g/mol. The molecule has 0 saturated heterocycles. The van der Waals surface area contributed by atoms with Crippen molar-refractivity contribution in [2.24, 2.45) is 0 Å². The number of carbonyl (C=O) groups is 1. The maximum absolute atomic E-state index is 12.0. The number of likely N-dealkylation sites (N-methyl/N-ethyl adjacent to an activating group) is 1. The Morgan fingerprint density at radius 1 is 1.35 bits per heavy atom. The third-order valence-corrected chi connectivity index (χ3v) is 3.80. The average Bonchev–Trinajstić information content (AvgIpc) is 2.67. The standard InChI is InChI=1S/C18H28N2O3/c1-17(2,3)23-16(21)20(6)12-11-19-15-13-9-7-8-10-14(13)22-18(15,4)5/h7-10,15,19H,11-12H2,1-6H3. The lowest BCUT2D eigenvalue weighted by molar-refractivity contribution is 0.0295.